The fourth-order valence-corrected chi connectivity index (χ4v) is 3.76. The number of nitrogens with one attached hydrogen (secondary N) is 1. The molecule has 25 heavy (non-hydrogen) atoms. The zero-order valence-corrected chi connectivity index (χ0v) is 15.2. The van der Waals surface area contributed by atoms with Gasteiger partial charge < -0.3 is 14.6 Å². The van der Waals surface area contributed by atoms with Crippen molar-refractivity contribution in [2.75, 3.05) is 19.1 Å². The molecule has 1 aliphatic carbocycles. The fourth-order valence-electron chi connectivity index (χ4n) is 3.21. The molecule has 1 fully saturated rings. The van der Waals surface area contributed by atoms with Crippen molar-refractivity contribution in [1.29, 1.82) is 0 Å². The number of rotatable bonds is 6. The highest BCUT2D eigenvalue weighted by Gasteiger charge is 2.23. The maximum absolute atomic E-state index is 12.5. The van der Waals surface area contributed by atoms with Gasteiger partial charge in [0.25, 0.3) is 5.91 Å². The number of thioether (sulfide) groups is 1. The minimum atomic E-state index is -0.681. The first-order valence-corrected chi connectivity index (χ1v) is 9.73. The van der Waals surface area contributed by atoms with Crippen molar-refractivity contribution in [3.8, 4) is 0 Å². The Balaban J connectivity index is 1.79. The molecule has 0 aliphatic heterocycles. The predicted octanol–water partition coefficient (Wildman–Crippen LogP) is 2.18. The Labute approximate surface area is 150 Å². The van der Waals surface area contributed by atoms with Crippen LogP contribution in [-0.2, 0) is 9.53 Å². The van der Waals surface area contributed by atoms with Gasteiger partial charge in [-0.15, -0.1) is 0 Å². The molecule has 0 radical (unpaired) electrons. The summed E-state index contributed by atoms with van der Waals surface area (Å²) in [6.45, 7) is 0. The third-order valence-corrected chi connectivity index (χ3v) is 5.18. The Morgan fingerprint density at radius 1 is 1.40 bits per heavy atom. The monoisotopic (exact) mass is 362 g/mol. The van der Waals surface area contributed by atoms with E-state index in [1.165, 1.54) is 37.9 Å². The molecular weight excluding hydrogens is 340 g/mol. The van der Waals surface area contributed by atoms with Crippen LogP contribution in [0.3, 0.4) is 0 Å². The molecule has 1 N–H and O–H groups in total. The number of ether oxygens (including phenoxy) is 1. The Morgan fingerprint density at radius 3 is 2.84 bits per heavy atom. The van der Waals surface area contributed by atoms with E-state index in [1.54, 1.807) is 12.4 Å². The van der Waals surface area contributed by atoms with E-state index in [4.69, 9.17) is 4.74 Å². The number of carbonyl (C=O) groups is 2. The second-order valence-corrected chi connectivity index (χ2v) is 7.07. The molecule has 3 rings (SSSR count). The topological polar surface area (TPSA) is 86.1 Å². The van der Waals surface area contributed by atoms with E-state index in [0.717, 1.165) is 18.5 Å². The summed E-state index contributed by atoms with van der Waals surface area (Å²) in [5.41, 5.74) is 1.88. The van der Waals surface area contributed by atoms with Crippen LogP contribution in [0.4, 0.5) is 0 Å². The summed E-state index contributed by atoms with van der Waals surface area (Å²) in [4.78, 5) is 33.0. The minimum absolute atomic E-state index is 0.353. The lowest BCUT2D eigenvalue weighted by molar-refractivity contribution is -0.142. The van der Waals surface area contributed by atoms with Gasteiger partial charge in [0, 0.05) is 18.0 Å². The van der Waals surface area contributed by atoms with Crippen molar-refractivity contribution < 1.29 is 14.3 Å². The Bertz CT molecular complexity index is 770. The van der Waals surface area contributed by atoms with Crippen LogP contribution in [0.5, 0.6) is 0 Å². The summed E-state index contributed by atoms with van der Waals surface area (Å²) in [6, 6.07) is 1.48. The van der Waals surface area contributed by atoms with Crippen molar-refractivity contribution >= 4 is 34.8 Å². The number of pyridine rings is 1. The van der Waals surface area contributed by atoms with Gasteiger partial charge in [-0.25, -0.2) is 14.8 Å². The average Bonchev–Trinajstić information content (AvgIpc) is 3.28. The van der Waals surface area contributed by atoms with E-state index in [9.17, 15) is 9.59 Å². The number of amides is 1. The Hall–Kier alpha value is -2.09. The zero-order chi connectivity index (χ0) is 17.8. The number of methoxy groups -OCH3 is 1. The summed E-state index contributed by atoms with van der Waals surface area (Å²) >= 11 is 1.46. The molecule has 0 unspecified atom stereocenters. The third-order valence-electron chi connectivity index (χ3n) is 4.52. The number of imidazole rings is 1. The van der Waals surface area contributed by atoms with E-state index in [-0.39, 0.29) is 5.91 Å². The molecule has 1 aliphatic rings. The van der Waals surface area contributed by atoms with Gasteiger partial charge in [0.2, 0.25) is 0 Å². The normalized spacial score (nSPS) is 16.1. The van der Waals surface area contributed by atoms with Gasteiger partial charge in [-0.3, -0.25) is 4.79 Å². The van der Waals surface area contributed by atoms with Crippen molar-refractivity contribution in [2.45, 2.75) is 37.8 Å². The number of hydrogen-bond donors (Lipinski definition) is 1. The molecule has 2 aromatic heterocycles. The van der Waals surface area contributed by atoms with Crippen LogP contribution in [0.15, 0.2) is 18.6 Å². The van der Waals surface area contributed by atoms with Gasteiger partial charge >= 0.3 is 5.97 Å². The zero-order valence-electron chi connectivity index (χ0n) is 14.4. The van der Waals surface area contributed by atoms with Gasteiger partial charge in [-0.1, -0.05) is 12.8 Å². The molecule has 7 nitrogen and oxygen atoms in total. The summed E-state index contributed by atoms with van der Waals surface area (Å²) in [5, 5.41) is 2.70. The van der Waals surface area contributed by atoms with Crippen LogP contribution in [0.2, 0.25) is 0 Å². The maximum Gasteiger partial charge on any atom is 0.329 e. The van der Waals surface area contributed by atoms with Crippen LogP contribution >= 0.6 is 11.8 Å². The van der Waals surface area contributed by atoms with E-state index < -0.39 is 12.0 Å². The molecule has 2 heterocycles. The lowest BCUT2D eigenvalue weighted by atomic mass is 10.2. The first-order valence-electron chi connectivity index (χ1n) is 8.34. The highest BCUT2D eigenvalue weighted by Crippen LogP contribution is 2.31. The largest absolute Gasteiger partial charge is 0.467 e. The quantitative estimate of drug-likeness (QED) is 0.793. The molecule has 0 bridgehead atoms. The summed E-state index contributed by atoms with van der Waals surface area (Å²) in [6.07, 6.45) is 9.96. The lowest BCUT2D eigenvalue weighted by Crippen LogP contribution is -2.43. The summed E-state index contributed by atoms with van der Waals surface area (Å²) < 4.78 is 6.84. The molecule has 0 spiro atoms. The van der Waals surface area contributed by atoms with E-state index in [1.807, 2.05) is 6.26 Å². The van der Waals surface area contributed by atoms with Crippen LogP contribution in [0, 0.1) is 0 Å². The second kappa shape index (κ2) is 7.86. The molecular formula is C17H22N4O3S. The first kappa shape index (κ1) is 17.7. The van der Waals surface area contributed by atoms with Crippen LogP contribution in [0.1, 0.15) is 42.1 Å². The SMILES string of the molecule is COC(=O)[C@H](CSC)NC(=O)c1cnc2c(c1)ncn2C1CCCC1. The van der Waals surface area contributed by atoms with Gasteiger partial charge in [0.05, 0.1) is 19.0 Å². The smallest absolute Gasteiger partial charge is 0.329 e. The van der Waals surface area contributed by atoms with Gasteiger partial charge in [-0.05, 0) is 25.2 Å². The van der Waals surface area contributed by atoms with Crippen LogP contribution in [0.25, 0.3) is 11.2 Å². The summed E-state index contributed by atoms with van der Waals surface area (Å²) in [7, 11) is 1.31. The second-order valence-electron chi connectivity index (χ2n) is 6.16. The molecule has 0 saturated heterocycles. The van der Waals surface area contributed by atoms with Crippen molar-refractivity contribution in [1.82, 2.24) is 19.9 Å². The molecule has 134 valence electrons. The van der Waals surface area contributed by atoms with Gasteiger partial charge in [0.15, 0.2) is 5.65 Å². The Morgan fingerprint density at radius 2 is 2.16 bits per heavy atom. The number of hydrogen-bond acceptors (Lipinski definition) is 6. The van der Waals surface area contributed by atoms with Crippen molar-refractivity contribution in [3.63, 3.8) is 0 Å². The Kier molecular flexibility index (Phi) is 5.57. The standard InChI is InChI=1S/C17H22N4O3S/c1-24-17(23)14(9-25-2)20-16(22)11-7-13-15(18-8-11)21(10-19-13)12-5-3-4-6-12/h7-8,10,12,14H,3-6,9H2,1-2H3,(H,20,22)/t14-/m0/s1. The van der Waals surface area contributed by atoms with Crippen molar-refractivity contribution in [3.05, 3.63) is 24.2 Å². The number of fused-ring (bicyclic) bond motifs is 1. The maximum atomic E-state index is 12.5. The highest BCUT2D eigenvalue weighted by molar-refractivity contribution is 7.98. The first-order chi connectivity index (χ1) is 12.1. The minimum Gasteiger partial charge on any atom is -0.467 e. The number of aromatic nitrogens is 3. The molecule has 1 saturated carbocycles. The van der Waals surface area contributed by atoms with Crippen LogP contribution in [-0.4, -0.2) is 51.6 Å². The van der Waals surface area contributed by atoms with Crippen LogP contribution < -0.4 is 5.32 Å². The average molecular weight is 362 g/mol. The molecule has 0 aromatic carbocycles. The predicted molar refractivity (Wildman–Crippen MR) is 96.7 cm³/mol. The van der Waals surface area contributed by atoms with Gasteiger partial charge in [0.1, 0.15) is 11.6 Å². The number of nitrogens with zero attached hydrogens (tertiary/aromatic N) is 3. The van der Waals surface area contributed by atoms with E-state index in [2.05, 4.69) is 19.9 Å². The highest BCUT2D eigenvalue weighted by atomic mass is 32.2. The van der Waals surface area contributed by atoms with E-state index >= 15 is 0 Å². The van der Waals surface area contributed by atoms with Crippen molar-refractivity contribution in [2.24, 2.45) is 0 Å². The van der Waals surface area contributed by atoms with E-state index in [0.29, 0.717) is 22.9 Å². The number of esters is 1. The fraction of sp³-hybridized carbons (Fsp3) is 0.529. The molecule has 8 heteroatoms. The molecule has 1 amide bonds. The molecule has 2 aromatic rings. The third kappa shape index (κ3) is 3.78. The van der Waals surface area contributed by atoms with Gasteiger partial charge in [-0.2, -0.15) is 11.8 Å². The number of carbonyl (C=O) groups excluding carboxylic acids is 2. The molecule has 1 atom stereocenters. The lowest BCUT2D eigenvalue weighted by Gasteiger charge is -2.15. The summed E-state index contributed by atoms with van der Waals surface area (Å²) in [5.74, 6) is -0.360.